The highest BCUT2D eigenvalue weighted by Crippen LogP contribution is 2.33. The van der Waals surface area contributed by atoms with Gasteiger partial charge in [-0.15, -0.1) is 0 Å². The normalized spacial score (nSPS) is 12.6. The molecule has 0 bridgehead atoms. The number of thioether (sulfide) groups is 1. The molecule has 5 nitrogen and oxygen atoms in total. The molecule has 4 N–H and O–H groups in total. The molecule has 0 spiro atoms. The number of nitrogens with one attached hydrogen (secondary N) is 2. The second kappa shape index (κ2) is 8.09. The summed E-state index contributed by atoms with van der Waals surface area (Å²) in [6, 6.07) is 1.74. The van der Waals surface area contributed by atoms with Crippen molar-refractivity contribution < 1.29 is 22.8 Å². The lowest BCUT2D eigenvalue weighted by Gasteiger charge is -2.18. The zero-order valence-electron chi connectivity index (χ0n) is 12.7. The Bertz CT molecular complexity index is 579. The van der Waals surface area contributed by atoms with E-state index in [9.17, 15) is 22.8 Å². The number of nitrogens with two attached hydrogens (primary N) is 1. The van der Waals surface area contributed by atoms with Crippen molar-refractivity contribution in [3.05, 3.63) is 29.3 Å². The van der Waals surface area contributed by atoms with Crippen molar-refractivity contribution in [2.24, 2.45) is 5.73 Å². The van der Waals surface area contributed by atoms with Crippen LogP contribution in [0.15, 0.2) is 18.2 Å². The topological polar surface area (TPSA) is 84.2 Å². The maximum Gasteiger partial charge on any atom is 0.416 e. The third-order valence-corrected chi connectivity index (χ3v) is 3.70. The molecule has 0 fully saturated rings. The predicted molar refractivity (Wildman–Crippen MR) is 84.3 cm³/mol. The second-order valence-electron chi connectivity index (χ2n) is 4.86. The minimum atomic E-state index is -4.51. The van der Waals surface area contributed by atoms with E-state index in [1.807, 2.05) is 6.26 Å². The maximum absolute atomic E-state index is 12.9. The van der Waals surface area contributed by atoms with E-state index in [2.05, 4.69) is 10.6 Å². The first kappa shape index (κ1) is 19.1. The van der Waals surface area contributed by atoms with Gasteiger partial charge in [-0.25, -0.2) is 4.79 Å². The Morgan fingerprint density at radius 2 is 2.00 bits per heavy atom. The van der Waals surface area contributed by atoms with E-state index < -0.39 is 29.7 Å². The number of anilines is 1. The Morgan fingerprint density at radius 1 is 1.35 bits per heavy atom. The van der Waals surface area contributed by atoms with Crippen LogP contribution < -0.4 is 16.4 Å². The van der Waals surface area contributed by atoms with Crippen LogP contribution in [0.4, 0.5) is 23.7 Å². The Morgan fingerprint density at radius 3 is 2.52 bits per heavy atom. The van der Waals surface area contributed by atoms with Crippen molar-refractivity contribution in [1.29, 1.82) is 0 Å². The van der Waals surface area contributed by atoms with Crippen LogP contribution in [0, 0.1) is 6.92 Å². The van der Waals surface area contributed by atoms with Gasteiger partial charge < -0.3 is 16.4 Å². The van der Waals surface area contributed by atoms with Crippen LogP contribution in [-0.2, 0) is 11.0 Å². The minimum absolute atomic E-state index is 0.00773. The zero-order chi connectivity index (χ0) is 17.6. The van der Waals surface area contributed by atoms with E-state index in [-0.39, 0.29) is 11.3 Å². The van der Waals surface area contributed by atoms with Gasteiger partial charge >= 0.3 is 12.2 Å². The van der Waals surface area contributed by atoms with Gasteiger partial charge in [-0.1, -0.05) is 6.07 Å². The number of amides is 3. The van der Waals surface area contributed by atoms with Crippen molar-refractivity contribution in [3.63, 3.8) is 0 Å². The highest BCUT2D eigenvalue weighted by molar-refractivity contribution is 7.98. The molecule has 9 heteroatoms. The standard InChI is InChI=1S/C14H18F3N3O2S/c1-8-3-4-9(7-10(8)14(15,16)17)19-12(21)11(5-6-23-2)20-13(18)22/h3-4,7,11H,5-6H2,1-2H3,(H,19,21)(H3,18,20,22). The van der Waals surface area contributed by atoms with Gasteiger partial charge in [0.2, 0.25) is 5.91 Å². The van der Waals surface area contributed by atoms with E-state index >= 15 is 0 Å². The quantitative estimate of drug-likeness (QED) is 0.738. The number of hydrogen-bond donors (Lipinski definition) is 3. The molecule has 3 amide bonds. The van der Waals surface area contributed by atoms with Gasteiger partial charge in [-0.2, -0.15) is 24.9 Å². The average Bonchev–Trinajstić information content (AvgIpc) is 2.43. The molecule has 1 atom stereocenters. The van der Waals surface area contributed by atoms with Gasteiger partial charge in [0, 0.05) is 5.69 Å². The number of primary amides is 1. The van der Waals surface area contributed by atoms with E-state index in [1.165, 1.54) is 30.8 Å². The van der Waals surface area contributed by atoms with Gasteiger partial charge in [0.25, 0.3) is 0 Å². The molecule has 0 saturated heterocycles. The smallest absolute Gasteiger partial charge is 0.352 e. The monoisotopic (exact) mass is 349 g/mol. The second-order valence-corrected chi connectivity index (χ2v) is 5.84. The van der Waals surface area contributed by atoms with Crippen molar-refractivity contribution in [3.8, 4) is 0 Å². The SMILES string of the molecule is CSCCC(NC(N)=O)C(=O)Nc1ccc(C)c(C(F)(F)F)c1. The molecule has 0 aliphatic rings. The summed E-state index contributed by atoms with van der Waals surface area (Å²) in [5.41, 5.74) is 4.26. The highest BCUT2D eigenvalue weighted by Gasteiger charge is 2.32. The Kier molecular flexibility index (Phi) is 6.74. The first-order valence-corrected chi connectivity index (χ1v) is 8.08. The number of benzene rings is 1. The lowest BCUT2D eigenvalue weighted by molar-refractivity contribution is -0.138. The van der Waals surface area contributed by atoms with Crippen LogP contribution in [0.1, 0.15) is 17.5 Å². The van der Waals surface area contributed by atoms with E-state index in [4.69, 9.17) is 5.73 Å². The average molecular weight is 349 g/mol. The van der Waals surface area contributed by atoms with Gasteiger partial charge in [0.1, 0.15) is 6.04 Å². The zero-order valence-corrected chi connectivity index (χ0v) is 13.5. The molecule has 1 rings (SSSR count). The van der Waals surface area contributed by atoms with Crippen molar-refractivity contribution in [1.82, 2.24) is 5.32 Å². The van der Waals surface area contributed by atoms with Crippen molar-refractivity contribution in [2.45, 2.75) is 25.6 Å². The minimum Gasteiger partial charge on any atom is -0.352 e. The molecule has 0 aromatic heterocycles. The maximum atomic E-state index is 12.9. The number of carbonyl (C=O) groups is 2. The summed E-state index contributed by atoms with van der Waals surface area (Å²) in [6.07, 6.45) is -2.36. The summed E-state index contributed by atoms with van der Waals surface area (Å²) in [5.74, 6) is -0.0325. The summed E-state index contributed by atoms with van der Waals surface area (Å²) >= 11 is 1.47. The summed E-state index contributed by atoms with van der Waals surface area (Å²) < 4.78 is 38.6. The summed E-state index contributed by atoms with van der Waals surface area (Å²) in [6.45, 7) is 1.34. The molecule has 0 saturated carbocycles. The van der Waals surface area contributed by atoms with Crippen LogP contribution in [0.3, 0.4) is 0 Å². The number of rotatable bonds is 6. The van der Waals surface area contributed by atoms with Crippen LogP contribution in [0.25, 0.3) is 0 Å². The first-order valence-electron chi connectivity index (χ1n) is 6.68. The third-order valence-electron chi connectivity index (χ3n) is 3.05. The van der Waals surface area contributed by atoms with Crippen LogP contribution in [0.2, 0.25) is 0 Å². The van der Waals surface area contributed by atoms with Crippen molar-refractivity contribution >= 4 is 29.4 Å². The Labute approximate surface area is 136 Å². The lowest BCUT2D eigenvalue weighted by atomic mass is 10.1. The molecule has 23 heavy (non-hydrogen) atoms. The molecular weight excluding hydrogens is 331 g/mol. The van der Waals surface area contributed by atoms with Gasteiger partial charge in [0.15, 0.2) is 0 Å². The highest BCUT2D eigenvalue weighted by atomic mass is 32.2. The van der Waals surface area contributed by atoms with Gasteiger partial charge in [-0.3, -0.25) is 4.79 Å². The summed E-state index contributed by atoms with van der Waals surface area (Å²) in [5, 5.41) is 4.66. The molecule has 1 aromatic rings. The fourth-order valence-electron chi connectivity index (χ4n) is 1.91. The molecule has 1 unspecified atom stereocenters. The molecule has 0 heterocycles. The number of alkyl halides is 3. The number of urea groups is 1. The summed E-state index contributed by atoms with van der Waals surface area (Å²) in [4.78, 5) is 23.1. The number of aryl methyl sites for hydroxylation is 1. The van der Waals surface area contributed by atoms with E-state index in [0.717, 1.165) is 6.07 Å². The van der Waals surface area contributed by atoms with Crippen LogP contribution in [0.5, 0.6) is 0 Å². The Hall–Kier alpha value is -1.90. The number of carbonyl (C=O) groups excluding carboxylic acids is 2. The van der Waals surface area contributed by atoms with Gasteiger partial charge in [0.05, 0.1) is 5.56 Å². The summed E-state index contributed by atoms with van der Waals surface area (Å²) in [7, 11) is 0. The number of hydrogen-bond acceptors (Lipinski definition) is 3. The lowest BCUT2D eigenvalue weighted by Crippen LogP contribution is -2.46. The van der Waals surface area contributed by atoms with Gasteiger partial charge in [-0.05, 0) is 43.0 Å². The van der Waals surface area contributed by atoms with Crippen LogP contribution >= 0.6 is 11.8 Å². The first-order chi connectivity index (χ1) is 10.6. The fraction of sp³-hybridized carbons (Fsp3) is 0.429. The van der Waals surface area contributed by atoms with Crippen molar-refractivity contribution in [2.75, 3.05) is 17.3 Å². The third kappa shape index (κ3) is 6.01. The molecule has 0 radical (unpaired) electrons. The largest absolute Gasteiger partial charge is 0.416 e. The van der Waals surface area contributed by atoms with E-state index in [0.29, 0.717) is 12.2 Å². The van der Waals surface area contributed by atoms with E-state index in [1.54, 1.807) is 0 Å². The molecule has 0 aliphatic carbocycles. The molecule has 1 aromatic carbocycles. The fourth-order valence-corrected chi connectivity index (χ4v) is 2.38. The molecule has 128 valence electrons. The van der Waals surface area contributed by atoms with Crippen LogP contribution in [-0.4, -0.2) is 30.0 Å². The molecule has 0 aliphatic heterocycles. The molecular formula is C14H18F3N3O2S. The predicted octanol–water partition coefficient (Wildman–Crippen LogP) is 2.74. The number of halogens is 3. The Balaban J connectivity index is 2.91.